The Bertz CT molecular complexity index is 815. The lowest BCUT2D eigenvalue weighted by atomic mass is 10.2. The van der Waals surface area contributed by atoms with Gasteiger partial charge in [0, 0.05) is 19.7 Å². The number of hydrogen-bond acceptors (Lipinski definition) is 7. The van der Waals surface area contributed by atoms with E-state index in [9.17, 15) is 23.2 Å². The van der Waals surface area contributed by atoms with E-state index in [0.29, 0.717) is 17.4 Å². The Kier molecular flexibility index (Phi) is 15.1. The van der Waals surface area contributed by atoms with Crippen LogP contribution >= 0.6 is 0 Å². The molecule has 0 bridgehead atoms. The van der Waals surface area contributed by atoms with Gasteiger partial charge < -0.3 is 15.5 Å². The Morgan fingerprint density at radius 1 is 0.903 bits per heavy atom. The summed E-state index contributed by atoms with van der Waals surface area (Å²) < 4.78 is 24.6. The first kappa shape index (κ1) is 27.3. The third-order valence-corrected chi connectivity index (χ3v) is 3.12. The van der Waals surface area contributed by atoms with Crippen molar-refractivity contribution in [3.63, 3.8) is 0 Å². The van der Waals surface area contributed by atoms with Crippen LogP contribution < -0.4 is 16.5 Å². The number of hydrogen-bond donors (Lipinski definition) is 3. The molecule has 2 amide bonds. The van der Waals surface area contributed by atoms with Crippen LogP contribution in [0, 0.1) is 11.6 Å². The summed E-state index contributed by atoms with van der Waals surface area (Å²) in [5.41, 5.74) is 1.20. The molecule has 0 saturated heterocycles. The fourth-order valence-corrected chi connectivity index (χ4v) is 1.50. The minimum absolute atomic E-state index is 0.0729. The van der Waals surface area contributed by atoms with Gasteiger partial charge in [-0.15, -0.1) is 0 Å². The maximum atomic E-state index is 12.5. The van der Waals surface area contributed by atoms with Gasteiger partial charge in [0.1, 0.15) is 24.5 Å². The van der Waals surface area contributed by atoms with Crippen LogP contribution in [0.5, 0.6) is 0 Å². The quantitative estimate of drug-likeness (QED) is 0.339. The summed E-state index contributed by atoms with van der Waals surface area (Å²) in [6.45, 7) is -0.204. The Morgan fingerprint density at radius 3 is 1.74 bits per heavy atom. The Balaban J connectivity index is 0.000000479. The number of halogens is 2. The molecule has 4 N–H and O–H groups in total. The molecule has 0 spiro atoms. The minimum Gasteiger partial charge on any atom is -0.386 e. The van der Waals surface area contributed by atoms with Crippen LogP contribution in [-0.2, 0) is 19.3 Å². The van der Waals surface area contributed by atoms with E-state index in [1.807, 2.05) is 0 Å². The van der Waals surface area contributed by atoms with Gasteiger partial charge in [0.15, 0.2) is 6.61 Å². The highest BCUT2D eigenvalue weighted by atomic mass is 18.2. The number of carbonyl (C=O) groups is 3. The van der Waals surface area contributed by atoms with Crippen molar-refractivity contribution in [1.82, 2.24) is 10.6 Å². The van der Waals surface area contributed by atoms with Crippen molar-refractivity contribution < 1.29 is 32.8 Å². The topological polar surface area (TPSA) is 132 Å². The Labute approximate surface area is 178 Å². The van der Waals surface area contributed by atoms with Gasteiger partial charge in [0.25, 0.3) is 5.91 Å². The average molecular weight is 436 g/mol. The van der Waals surface area contributed by atoms with Gasteiger partial charge in [-0.3, -0.25) is 19.2 Å². The molecule has 0 fully saturated rings. The third kappa shape index (κ3) is 14.9. The van der Waals surface area contributed by atoms with Crippen LogP contribution in [0.3, 0.4) is 0 Å². The van der Waals surface area contributed by atoms with E-state index in [0.717, 1.165) is 0 Å². The molecule has 9 nitrogen and oxygen atoms in total. The number of rotatable bonds is 7. The maximum absolute atomic E-state index is 12.5. The van der Waals surface area contributed by atoms with Gasteiger partial charge in [-0.25, -0.2) is 14.7 Å². The number of carbonyl (C=O) groups excluding carboxylic acids is 3. The van der Waals surface area contributed by atoms with Crippen molar-refractivity contribution in [2.45, 2.75) is 0 Å². The largest absolute Gasteiger partial charge is 0.386 e. The molecule has 31 heavy (non-hydrogen) atoms. The van der Waals surface area contributed by atoms with Gasteiger partial charge in [-0.05, 0) is 42.0 Å². The van der Waals surface area contributed by atoms with Crippen molar-refractivity contribution in [2.75, 3.05) is 27.3 Å². The number of oxime groups is 1. The summed E-state index contributed by atoms with van der Waals surface area (Å²) in [5, 5.41) is 8.26. The molecule has 2 rings (SSSR count). The SMILES string of the molecule is CNC(=O)CO/N=C/c1ccc([18F])cc1.CNC(=O)CON.O=Cc1ccc([18F])cc1. The fourth-order valence-electron chi connectivity index (χ4n) is 1.50. The van der Waals surface area contributed by atoms with Crippen molar-refractivity contribution >= 4 is 24.3 Å². The van der Waals surface area contributed by atoms with E-state index in [-0.39, 0.29) is 36.7 Å². The van der Waals surface area contributed by atoms with Crippen LogP contribution in [0.15, 0.2) is 53.7 Å². The second-order valence-electron chi connectivity index (χ2n) is 5.39. The van der Waals surface area contributed by atoms with Crippen LogP contribution in [0.25, 0.3) is 0 Å². The molecule has 0 aromatic heterocycles. The monoisotopic (exact) mass is 436 g/mol. The van der Waals surface area contributed by atoms with E-state index < -0.39 is 0 Å². The van der Waals surface area contributed by atoms with Crippen molar-refractivity contribution in [1.29, 1.82) is 0 Å². The number of nitrogens with one attached hydrogen (secondary N) is 2. The van der Waals surface area contributed by atoms with Crippen molar-refractivity contribution in [3.8, 4) is 0 Å². The molecule has 0 aliphatic heterocycles. The van der Waals surface area contributed by atoms with Gasteiger partial charge in [0.05, 0.1) is 6.21 Å². The molecular formula is C20H24F2N4O5. The van der Waals surface area contributed by atoms with Gasteiger partial charge >= 0.3 is 0 Å². The zero-order valence-electron chi connectivity index (χ0n) is 17.0. The number of likely N-dealkylation sites (N-methyl/N-ethyl adjacent to an activating group) is 2. The number of nitrogens with two attached hydrogens (primary N) is 1. The van der Waals surface area contributed by atoms with E-state index in [4.69, 9.17) is 0 Å². The standard InChI is InChI=1S/C10H11FN2O2.C7H5FO.C3H8N2O2/c1-12-10(14)7-15-13-6-8-2-4-9(11)5-3-8;8-7-3-1-6(5-9)2-4-7;1-5-3(6)2-7-4/h2-6H,7H2,1H3,(H,12,14);1-5H;2,4H2,1H3,(H,5,6)/b13-6+;;/i11-1;8-1;. The summed E-state index contributed by atoms with van der Waals surface area (Å²) in [5.74, 6) is 3.44. The lowest BCUT2D eigenvalue weighted by Gasteiger charge is -1.97. The molecule has 11 heteroatoms. The summed E-state index contributed by atoms with van der Waals surface area (Å²) in [4.78, 5) is 39.5. The zero-order chi connectivity index (χ0) is 23.5. The molecule has 0 aliphatic carbocycles. The smallest absolute Gasteiger partial charge is 0.260 e. The minimum atomic E-state index is -0.319. The first-order chi connectivity index (χ1) is 14.9. The van der Waals surface area contributed by atoms with Crippen LogP contribution in [0.2, 0.25) is 0 Å². The van der Waals surface area contributed by atoms with E-state index >= 15 is 0 Å². The van der Waals surface area contributed by atoms with Crippen LogP contribution in [0.4, 0.5) is 8.78 Å². The molecule has 0 unspecified atom stereocenters. The van der Waals surface area contributed by atoms with Gasteiger partial charge in [0.2, 0.25) is 5.91 Å². The zero-order valence-corrected chi connectivity index (χ0v) is 17.0. The third-order valence-electron chi connectivity index (χ3n) is 3.12. The van der Waals surface area contributed by atoms with E-state index in [2.05, 4.69) is 31.4 Å². The molecule has 0 radical (unpaired) electrons. The van der Waals surface area contributed by atoms with Crippen molar-refractivity contribution in [3.05, 3.63) is 71.3 Å². The Morgan fingerprint density at radius 2 is 1.35 bits per heavy atom. The first-order valence-electron chi connectivity index (χ1n) is 8.70. The lowest BCUT2D eigenvalue weighted by molar-refractivity contribution is -0.125. The first-order valence-corrected chi connectivity index (χ1v) is 8.70. The number of nitrogens with zero attached hydrogens (tertiary/aromatic N) is 1. The highest BCUT2D eigenvalue weighted by Crippen LogP contribution is 2.00. The molecule has 2 aromatic carbocycles. The maximum Gasteiger partial charge on any atom is 0.260 e. The number of aldehydes is 1. The molecule has 0 saturated carbocycles. The highest BCUT2D eigenvalue weighted by molar-refractivity contribution is 5.79. The van der Waals surface area contributed by atoms with Gasteiger partial charge in [-0.1, -0.05) is 17.3 Å². The predicted octanol–water partition coefficient (Wildman–Crippen LogP) is 1.18. The Hall–Kier alpha value is -3.70. The van der Waals surface area contributed by atoms with Crippen LogP contribution in [0.1, 0.15) is 15.9 Å². The number of benzene rings is 2. The van der Waals surface area contributed by atoms with E-state index in [1.54, 1.807) is 12.1 Å². The van der Waals surface area contributed by atoms with Crippen LogP contribution in [-0.4, -0.2) is 51.6 Å². The molecule has 168 valence electrons. The average Bonchev–Trinajstić information content (AvgIpc) is 2.79. The normalized spacial score (nSPS) is 9.45. The summed E-state index contributed by atoms with van der Waals surface area (Å²) >= 11 is 0. The highest BCUT2D eigenvalue weighted by Gasteiger charge is 1.95. The fraction of sp³-hybridized carbons (Fsp3) is 0.200. The second-order valence-corrected chi connectivity index (χ2v) is 5.39. The number of amides is 2. The molecule has 2 aromatic rings. The molecule has 0 atom stereocenters. The van der Waals surface area contributed by atoms with Crippen molar-refractivity contribution in [2.24, 2.45) is 11.1 Å². The summed E-state index contributed by atoms with van der Waals surface area (Å²) in [7, 11) is 3.02. The molecular weight excluding hydrogens is 412 g/mol. The summed E-state index contributed by atoms with van der Waals surface area (Å²) in [6.07, 6.45) is 2.09. The van der Waals surface area contributed by atoms with E-state index in [1.165, 1.54) is 56.7 Å². The summed E-state index contributed by atoms with van der Waals surface area (Å²) in [6, 6.07) is 11.1. The second kappa shape index (κ2) is 17.2. The lowest BCUT2D eigenvalue weighted by Crippen LogP contribution is -2.24. The molecule has 0 aliphatic rings. The predicted molar refractivity (Wildman–Crippen MR) is 110 cm³/mol. The molecule has 0 heterocycles. The van der Waals surface area contributed by atoms with Gasteiger partial charge in [-0.2, -0.15) is 0 Å².